The molecule has 0 aromatic heterocycles. The van der Waals surface area contributed by atoms with Gasteiger partial charge in [-0.25, -0.2) is 0 Å². The second-order valence-electron chi connectivity index (χ2n) is 0.284. The van der Waals surface area contributed by atoms with Gasteiger partial charge in [0, 0.05) is 0 Å². The lowest BCUT2D eigenvalue weighted by atomic mass is 11.8. The Labute approximate surface area is 67.9 Å². The van der Waals surface area contributed by atoms with Gasteiger partial charge in [0.05, 0.1) is 23.7 Å². The minimum absolute atomic E-state index is 0. The van der Waals surface area contributed by atoms with Crippen LogP contribution in [0.15, 0.2) is 0 Å². The molecule has 0 rings (SSSR count). The number of hydrogen-bond acceptors (Lipinski definition) is 2. The van der Waals surface area contributed by atoms with Crippen molar-refractivity contribution in [3.63, 3.8) is 0 Å². The zero-order chi connectivity index (χ0) is 6.28. The molecule has 0 aromatic carbocycles. The Kier molecular flexibility index (Phi) is 31.1. The van der Waals surface area contributed by atoms with Crippen molar-refractivity contribution in [2.45, 2.75) is 7.43 Å². The summed E-state index contributed by atoms with van der Waals surface area (Å²) in [5, 5.41) is 0. The van der Waals surface area contributed by atoms with E-state index in [4.69, 9.17) is 4.79 Å². The molecule has 8 heavy (non-hydrogen) atoms. The molecular formula is C2H4Cl4O2. The van der Waals surface area contributed by atoms with E-state index in [1.165, 1.54) is 0 Å². The van der Waals surface area contributed by atoms with Crippen molar-refractivity contribution in [1.29, 1.82) is 0 Å². The molecule has 0 fully saturated rings. The van der Waals surface area contributed by atoms with Crippen LogP contribution in [0.5, 0.6) is 0 Å². The van der Waals surface area contributed by atoms with E-state index in [1.54, 1.807) is 0 Å². The number of carbonyl (C=O) groups excluding carboxylic acids is 1. The maximum atomic E-state index is 8.98. The zero-order valence-corrected chi connectivity index (χ0v) is 5.85. The van der Waals surface area contributed by atoms with Gasteiger partial charge in [-0.2, -0.15) is 3.84 Å². The highest BCUT2D eigenvalue weighted by atomic mass is 35.6. The van der Waals surface area contributed by atoms with Crippen molar-refractivity contribution in [2.75, 3.05) is 0 Å². The lowest BCUT2D eigenvalue weighted by molar-refractivity contribution is 0.275. The van der Waals surface area contributed by atoms with E-state index in [9.17, 15) is 0 Å². The van der Waals surface area contributed by atoms with E-state index >= 15 is 0 Å². The fourth-order valence-electron chi connectivity index (χ4n) is 0. The quantitative estimate of drug-likeness (QED) is 0.561. The van der Waals surface area contributed by atoms with Crippen molar-refractivity contribution in [3.05, 3.63) is 0 Å². The summed E-state index contributed by atoms with van der Waals surface area (Å²) in [5.41, 5.74) is 0. The lowest BCUT2D eigenvalue weighted by Crippen LogP contribution is -1.46. The first-order chi connectivity index (χ1) is 3.15. The first kappa shape index (κ1) is 15.9. The van der Waals surface area contributed by atoms with Crippen LogP contribution in [0.4, 0.5) is 4.79 Å². The number of hydrogen-bond donors (Lipinski definition) is 0. The zero-order valence-electron chi connectivity index (χ0n) is 2.83. The van der Waals surface area contributed by atoms with Gasteiger partial charge in [0.2, 0.25) is 0 Å². The molecular weight excluding hydrogens is 198 g/mol. The summed E-state index contributed by atoms with van der Waals surface area (Å²) in [7, 11) is 0. The Morgan fingerprint density at radius 2 is 1.25 bits per heavy atom. The summed E-state index contributed by atoms with van der Waals surface area (Å²) in [6.07, 6.45) is 0. The third-order valence-corrected chi connectivity index (χ3v) is 0. The Bertz CT molecular complexity index is 43.3. The molecule has 0 unspecified atom stereocenters. The van der Waals surface area contributed by atoms with Gasteiger partial charge >= 0.3 is 4.70 Å². The van der Waals surface area contributed by atoms with Crippen LogP contribution < -0.4 is 0 Å². The Balaban J connectivity index is -0.0000000575. The predicted molar refractivity (Wildman–Crippen MR) is 36.6 cm³/mol. The van der Waals surface area contributed by atoms with E-state index in [-0.39, 0.29) is 7.43 Å². The summed E-state index contributed by atoms with van der Waals surface area (Å²) in [4.78, 5) is 8.98. The molecule has 0 aromatic rings. The van der Waals surface area contributed by atoms with Crippen LogP contribution in [0.2, 0.25) is 0 Å². The van der Waals surface area contributed by atoms with Crippen LogP contribution in [0.3, 0.4) is 0 Å². The van der Waals surface area contributed by atoms with Crippen molar-refractivity contribution >= 4 is 51.6 Å². The maximum Gasteiger partial charge on any atom is 0.313 e. The number of carbonyl (C=O) groups is 1. The molecule has 0 radical (unpaired) electrons. The molecule has 6 heteroatoms. The maximum absolute atomic E-state index is 8.98. The van der Waals surface area contributed by atoms with Crippen LogP contribution in [0.1, 0.15) is 7.43 Å². The molecule has 0 heterocycles. The average Bonchev–Trinajstić information content (AvgIpc) is 1.33. The Morgan fingerprint density at radius 3 is 1.25 bits per heavy atom. The summed E-state index contributed by atoms with van der Waals surface area (Å²) >= 11 is 17.3. The van der Waals surface area contributed by atoms with Crippen LogP contribution in [-0.2, 0) is 3.84 Å². The van der Waals surface area contributed by atoms with Gasteiger partial charge in [-0.3, -0.25) is 4.79 Å². The topological polar surface area (TPSA) is 26.3 Å². The average molecular weight is 202 g/mol. The second-order valence-corrected chi connectivity index (χ2v) is 1.63. The van der Waals surface area contributed by atoms with Crippen LogP contribution in [0, 0.1) is 0 Å². The van der Waals surface area contributed by atoms with Crippen LogP contribution in [-0.4, -0.2) is 4.70 Å². The molecule has 0 spiro atoms. The van der Waals surface area contributed by atoms with E-state index in [0.29, 0.717) is 0 Å². The third kappa shape index (κ3) is 365. The predicted octanol–water partition coefficient (Wildman–Crippen LogP) is 3.53. The smallest absolute Gasteiger partial charge is 0.262 e. The highest BCUT2D eigenvalue weighted by molar-refractivity contribution is 6.93. The fraction of sp³-hybridized carbons (Fsp3) is 0.500. The molecule has 0 saturated heterocycles. The summed E-state index contributed by atoms with van der Waals surface area (Å²) < 4.78 is 2.31. The van der Waals surface area contributed by atoms with Gasteiger partial charge < -0.3 is 0 Å². The van der Waals surface area contributed by atoms with E-state index in [0.717, 1.165) is 0 Å². The molecule has 0 amide bonds. The van der Waals surface area contributed by atoms with Crippen molar-refractivity contribution in [3.8, 4) is 0 Å². The molecule has 0 aliphatic rings. The van der Waals surface area contributed by atoms with Crippen molar-refractivity contribution < 1.29 is 8.64 Å². The first-order valence-corrected chi connectivity index (χ1v) is 2.26. The summed E-state index contributed by atoms with van der Waals surface area (Å²) in [6.45, 7) is 0. The van der Waals surface area contributed by atoms with Gasteiger partial charge in [0.15, 0.2) is 0 Å². The Morgan fingerprint density at radius 1 is 1.25 bits per heavy atom. The van der Waals surface area contributed by atoms with Gasteiger partial charge in [-0.05, 0) is 23.2 Å². The van der Waals surface area contributed by atoms with Gasteiger partial charge in [0.25, 0.3) is 0 Å². The highest BCUT2D eigenvalue weighted by Crippen LogP contribution is 1.84. The van der Waals surface area contributed by atoms with Crippen molar-refractivity contribution in [1.82, 2.24) is 0 Å². The first-order valence-electron chi connectivity index (χ1n) is 0.891. The number of halogens is 4. The molecule has 0 N–H and O–H groups in total. The molecule has 0 atom stereocenters. The summed E-state index contributed by atoms with van der Waals surface area (Å²) in [6, 6.07) is 0. The molecule has 2 nitrogen and oxygen atoms in total. The molecule has 0 aliphatic carbocycles. The summed E-state index contributed by atoms with van der Waals surface area (Å²) in [5.74, 6) is 0. The van der Waals surface area contributed by atoms with Gasteiger partial charge in [0.1, 0.15) is 0 Å². The van der Waals surface area contributed by atoms with Gasteiger partial charge in [-0.15, -0.1) is 0 Å². The monoisotopic (exact) mass is 200 g/mol. The van der Waals surface area contributed by atoms with E-state index in [2.05, 4.69) is 50.8 Å². The van der Waals surface area contributed by atoms with Crippen LogP contribution in [0.25, 0.3) is 0 Å². The normalized spacial score (nSPS) is 5.50. The Hall–Kier alpha value is 0.790. The minimum atomic E-state index is -0.889. The lowest BCUT2D eigenvalue weighted by Gasteiger charge is -1.48. The highest BCUT2D eigenvalue weighted by Gasteiger charge is 1.72. The second kappa shape index (κ2) is 15.7. The van der Waals surface area contributed by atoms with Crippen LogP contribution >= 0.6 is 46.9 Å². The van der Waals surface area contributed by atoms with E-state index in [1.807, 2.05) is 0 Å². The number of rotatable bonds is 0. The molecule has 0 aliphatic heterocycles. The van der Waals surface area contributed by atoms with E-state index < -0.39 is 4.70 Å². The third-order valence-electron chi connectivity index (χ3n) is 0. The largest absolute Gasteiger partial charge is 0.313 e. The standard InChI is InChI=1S/CCl2O.CH4.Cl2O/c2-1(3)4;;1-3-2/h;1H4;. The minimum Gasteiger partial charge on any atom is -0.262 e. The van der Waals surface area contributed by atoms with Gasteiger partial charge in [-0.1, -0.05) is 7.43 Å². The molecule has 0 saturated carbocycles. The fourth-order valence-corrected chi connectivity index (χ4v) is 0. The SMILES string of the molecule is C.ClOCl.O=C(Cl)Cl. The molecule has 52 valence electrons. The van der Waals surface area contributed by atoms with Crippen molar-refractivity contribution in [2.24, 2.45) is 0 Å². The molecule has 0 bridgehead atoms.